The van der Waals surface area contributed by atoms with Gasteiger partial charge in [0.1, 0.15) is 4.90 Å². The van der Waals surface area contributed by atoms with Gasteiger partial charge in [-0.05, 0) is 37.8 Å². The van der Waals surface area contributed by atoms with Crippen molar-refractivity contribution in [3.05, 3.63) is 24.3 Å². The molecule has 0 aliphatic carbocycles. The van der Waals surface area contributed by atoms with Crippen molar-refractivity contribution in [2.45, 2.75) is 42.2 Å². The number of hydrogen-bond acceptors (Lipinski definition) is 5. The lowest BCUT2D eigenvalue weighted by atomic mass is 9.84. The predicted molar refractivity (Wildman–Crippen MR) is 82.9 cm³/mol. The van der Waals surface area contributed by atoms with Crippen LogP contribution in [0.5, 0.6) is 0 Å². The quantitative estimate of drug-likeness (QED) is 0.817. The van der Waals surface area contributed by atoms with E-state index in [2.05, 4.69) is 4.72 Å². The van der Waals surface area contributed by atoms with Gasteiger partial charge in [0.2, 0.25) is 10.0 Å². The second-order valence-electron chi connectivity index (χ2n) is 5.99. The SMILES string of the molecule is Nc1ccccc1S(=O)(=O)NC1CCOC2(CCOCC2)C1. The fourth-order valence-corrected chi connectivity index (χ4v) is 4.63. The molecule has 3 N–H and O–H groups in total. The van der Waals surface area contributed by atoms with Crippen molar-refractivity contribution in [1.82, 2.24) is 4.72 Å². The van der Waals surface area contributed by atoms with Gasteiger partial charge in [-0.25, -0.2) is 13.1 Å². The molecule has 2 saturated heterocycles. The van der Waals surface area contributed by atoms with Gasteiger partial charge in [0, 0.05) is 25.9 Å². The van der Waals surface area contributed by atoms with Crippen LogP contribution in [0.4, 0.5) is 5.69 Å². The molecule has 1 atom stereocenters. The Morgan fingerprint density at radius 1 is 1.18 bits per heavy atom. The van der Waals surface area contributed by atoms with Gasteiger partial charge in [-0.15, -0.1) is 0 Å². The van der Waals surface area contributed by atoms with E-state index in [4.69, 9.17) is 15.2 Å². The number of nitrogens with two attached hydrogens (primary N) is 1. The van der Waals surface area contributed by atoms with E-state index in [1.54, 1.807) is 18.2 Å². The highest BCUT2D eigenvalue weighted by molar-refractivity contribution is 7.89. The summed E-state index contributed by atoms with van der Waals surface area (Å²) < 4.78 is 39.2. The summed E-state index contributed by atoms with van der Waals surface area (Å²) in [5.41, 5.74) is 5.81. The molecule has 22 heavy (non-hydrogen) atoms. The Bertz CT molecular complexity index is 621. The highest BCUT2D eigenvalue weighted by Crippen LogP contribution is 2.34. The molecule has 0 aromatic heterocycles. The third kappa shape index (κ3) is 3.27. The average Bonchev–Trinajstić information content (AvgIpc) is 2.48. The number of sulfonamides is 1. The van der Waals surface area contributed by atoms with Crippen molar-refractivity contribution in [3.8, 4) is 0 Å². The number of benzene rings is 1. The van der Waals surface area contributed by atoms with E-state index in [0.717, 1.165) is 12.8 Å². The van der Waals surface area contributed by atoms with E-state index < -0.39 is 10.0 Å². The molecule has 2 fully saturated rings. The van der Waals surface area contributed by atoms with Crippen LogP contribution >= 0.6 is 0 Å². The largest absolute Gasteiger partial charge is 0.398 e. The lowest BCUT2D eigenvalue weighted by Crippen LogP contribution is -2.50. The Balaban J connectivity index is 1.73. The molecule has 122 valence electrons. The fraction of sp³-hybridized carbons (Fsp3) is 0.600. The van der Waals surface area contributed by atoms with Gasteiger partial charge in [0.15, 0.2) is 0 Å². The minimum Gasteiger partial charge on any atom is -0.398 e. The smallest absolute Gasteiger partial charge is 0.242 e. The van der Waals surface area contributed by atoms with Crippen LogP contribution in [0, 0.1) is 0 Å². The van der Waals surface area contributed by atoms with Crippen molar-refractivity contribution >= 4 is 15.7 Å². The molecule has 1 aromatic rings. The zero-order valence-electron chi connectivity index (χ0n) is 12.5. The normalized spacial score (nSPS) is 25.2. The minimum absolute atomic E-state index is 0.128. The van der Waals surface area contributed by atoms with E-state index >= 15 is 0 Å². The van der Waals surface area contributed by atoms with Crippen molar-refractivity contribution in [2.75, 3.05) is 25.6 Å². The van der Waals surface area contributed by atoms with Crippen LogP contribution in [0.1, 0.15) is 25.7 Å². The van der Waals surface area contributed by atoms with Crippen molar-refractivity contribution in [3.63, 3.8) is 0 Å². The minimum atomic E-state index is -3.61. The van der Waals surface area contributed by atoms with Crippen LogP contribution in [-0.4, -0.2) is 39.9 Å². The molecule has 0 amide bonds. The summed E-state index contributed by atoms with van der Waals surface area (Å²) in [6.45, 7) is 1.91. The van der Waals surface area contributed by atoms with Crippen LogP contribution in [0.3, 0.4) is 0 Å². The Kier molecular flexibility index (Phi) is 4.40. The second kappa shape index (κ2) is 6.16. The molecular weight excluding hydrogens is 304 g/mol. The molecule has 2 heterocycles. The first kappa shape index (κ1) is 15.7. The molecule has 1 aromatic carbocycles. The standard InChI is InChI=1S/C15H22N2O4S/c16-13-3-1-2-4-14(13)22(18,19)17-12-5-8-21-15(11-12)6-9-20-10-7-15/h1-4,12,17H,5-11,16H2. The summed E-state index contributed by atoms with van der Waals surface area (Å²) in [4.78, 5) is 0.141. The summed E-state index contributed by atoms with van der Waals surface area (Å²) >= 11 is 0. The molecule has 6 nitrogen and oxygen atoms in total. The van der Waals surface area contributed by atoms with Crippen LogP contribution < -0.4 is 10.5 Å². The predicted octanol–water partition coefficient (Wildman–Crippen LogP) is 1.28. The number of anilines is 1. The zero-order valence-corrected chi connectivity index (χ0v) is 13.3. The lowest BCUT2D eigenvalue weighted by molar-refractivity contribution is -0.138. The average molecular weight is 326 g/mol. The van der Waals surface area contributed by atoms with E-state index in [-0.39, 0.29) is 22.2 Å². The van der Waals surface area contributed by atoms with E-state index in [0.29, 0.717) is 32.7 Å². The summed E-state index contributed by atoms with van der Waals surface area (Å²) in [7, 11) is -3.61. The van der Waals surface area contributed by atoms with Crippen LogP contribution in [0.15, 0.2) is 29.2 Å². The van der Waals surface area contributed by atoms with Gasteiger partial charge in [-0.3, -0.25) is 0 Å². The fourth-order valence-electron chi connectivity index (χ4n) is 3.23. The Labute approximate surface area is 131 Å². The Hall–Kier alpha value is -1.15. The zero-order chi connectivity index (χ0) is 15.6. The highest BCUT2D eigenvalue weighted by Gasteiger charge is 2.40. The number of rotatable bonds is 3. The van der Waals surface area contributed by atoms with Crippen LogP contribution in [-0.2, 0) is 19.5 Å². The second-order valence-corrected chi connectivity index (χ2v) is 7.68. The summed E-state index contributed by atoms with van der Waals surface area (Å²) in [5, 5.41) is 0. The third-order valence-corrected chi connectivity index (χ3v) is 6.02. The number of nitrogens with one attached hydrogen (secondary N) is 1. The molecule has 2 aliphatic rings. The maximum Gasteiger partial charge on any atom is 0.242 e. The first-order chi connectivity index (χ1) is 10.5. The lowest BCUT2D eigenvalue weighted by Gasteiger charge is -2.43. The van der Waals surface area contributed by atoms with Gasteiger partial charge < -0.3 is 15.2 Å². The van der Waals surface area contributed by atoms with Gasteiger partial charge in [0.25, 0.3) is 0 Å². The van der Waals surface area contributed by atoms with Crippen LogP contribution in [0.25, 0.3) is 0 Å². The van der Waals surface area contributed by atoms with Gasteiger partial charge in [-0.1, -0.05) is 12.1 Å². The molecule has 1 spiro atoms. The van der Waals surface area contributed by atoms with Gasteiger partial charge in [-0.2, -0.15) is 0 Å². The molecule has 0 bridgehead atoms. The van der Waals surface area contributed by atoms with Crippen molar-refractivity contribution in [2.24, 2.45) is 0 Å². The van der Waals surface area contributed by atoms with Crippen molar-refractivity contribution in [1.29, 1.82) is 0 Å². The molecular formula is C15H22N2O4S. The molecule has 1 unspecified atom stereocenters. The summed E-state index contributed by atoms with van der Waals surface area (Å²) in [6, 6.07) is 6.39. The molecule has 7 heteroatoms. The topological polar surface area (TPSA) is 90.7 Å². The first-order valence-corrected chi connectivity index (χ1v) is 9.08. The van der Waals surface area contributed by atoms with E-state index in [1.807, 2.05) is 0 Å². The maximum absolute atomic E-state index is 12.5. The Morgan fingerprint density at radius 2 is 1.91 bits per heavy atom. The number of hydrogen-bond donors (Lipinski definition) is 2. The number of ether oxygens (including phenoxy) is 2. The van der Waals surface area contributed by atoms with Gasteiger partial charge >= 0.3 is 0 Å². The summed E-state index contributed by atoms with van der Waals surface area (Å²) in [6.07, 6.45) is 2.99. The van der Waals surface area contributed by atoms with Gasteiger partial charge in [0.05, 0.1) is 11.3 Å². The summed E-state index contributed by atoms with van der Waals surface area (Å²) in [5.74, 6) is 0. The molecule has 0 radical (unpaired) electrons. The monoisotopic (exact) mass is 326 g/mol. The number of nitrogen functional groups attached to an aromatic ring is 1. The number of para-hydroxylation sites is 1. The first-order valence-electron chi connectivity index (χ1n) is 7.59. The molecule has 2 aliphatic heterocycles. The third-order valence-electron chi connectivity index (χ3n) is 4.43. The van der Waals surface area contributed by atoms with E-state index in [1.165, 1.54) is 6.07 Å². The Morgan fingerprint density at radius 3 is 2.64 bits per heavy atom. The van der Waals surface area contributed by atoms with Crippen LogP contribution in [0.2, 0.25) is 0 Å². The van der Waals surface area contributed by atoms with E-state index in [9.17, 15) is 8.42 Å². The molecule has 0 saturated carbocycles. The van der Waals surface area contributed by atoms with Crippen molar-refractivity contribution < 1.29 is 17.9 Å². The maximum atomic E-state index is 12.5. The highest BCUT2D eigenvalue weighted by atomic mass is 32.2. The molecule has 3 rings (SSSR count).